The van der Waals surface area contributed by atoms with Crippen LogP contribution < -0.4 is 20.3 Å². The maximum Gasteiger partial charge on any atom is 0.247 e. The van der Waals surface area contributed by atoms with Crippen LogP contribution in [-0.2, 0) is 38.7 Å². The SMILES string of the molecule is O=C(Cc1ccc(Cl)c(CN(C(=O)[C@H]2CNCC(=O)N2c2ccc(OCCCOCc3ccccc3)cc2)C2CC2)c1)NC1CC1. The Morgan fingerprint density at radius 2 is 1.74 bits per heavy atom. The monoisotopic (exact) mass is 644 g/mol. The second-order valence-electron chi connectivity index (χ2n) is 12.3. The van der Waals surface area contributed by atoms with Crippen molar-refractivity contribution in [1.29, 1.82) is 0 Å². The summed E-state index contributed by atoms with van der Waals surface area (Å²) in [5.74, 6) is 0.410. The average molecular weight is 645 g/mol. The number of benzene rings is 3. The first kappa shape index (κ1) is 32.0. The van der Waals surface area contributed by atoms with E-state index in [0.29, 0.717) is 55.4 Å². The third-order valence-electron chi connectivity index (χ3n) is 8.44. The standard InChI is InChI=1S/C36H41ClN4O5/c37-32-16-7-26(20-34(42)39-28-8-9-28)19-27(32)23-40(29-10-11-29)36(44)33-21-38-22-35(43)41(33)30-12-14-31(15-13-30)46-18-4-17-45-24-25-5-2-1-3-6-25/h1-3,5-7,12-16,19,28-29,33,38H,4,8-11,17-18,20-24H2,(H,39,42)/t33-/m1/s1. The fourth-order valence-corrected chi connectivity index (χ4v) is 5.88. The molecule has 0 aromatic heterocycles. The Morgan fingerprint density at radius 3 is 2.48 bits per heavy atom. The summed E-state index contributed by atoms with van der Waals surface area (Å²) in [7, 11) is 0. The number of anilines is 1. The quantitative estimate of drug-likeness (QED) is 0.234. The van der Waals surface area contributed by atoms with Gasteiger partial charge in [-0.05, 0) is 72.7 Å². The van der Waals surface area contributed by atoms with Gasteiger partial charge in [-0.15, -0.1) is 0 Å². The summed E-state index contributed by atoms with van der Waals surface area (Å²) in [4.78, 5) is 43.2. The van der Waals surface area contributed by atoms with E-state index in [2.05, 4.69) is 10.6 Å². The van der Waals surface area contributed by atoms with Crippen molar-refractivity contribution in [3.63, 3.8) is 0 Å². The number of carbonyl (C=O) groups excluding carboxylic acids is 3. The lowest BCUT2D eigenvalue weighted by molar-refractivity contribution is -0.136. The van der Waals surface area contributed by atoms with Crippen LogP contribution in [0.3, 0.4) is 0 Å². The smallest absolute Gasteiger partial charge is 0.247 e. The number of nitrogens with one attached hydrogen (secondary N) is 2. The molecule has 2 N–H and O–H groups in total. The molecule has 3 aromatic rings. The Morgan fingerprint density at radius 1 is 0.957 bits per heavy atom. The molecule has 3 aromatic carbocycles. The lowest BCUT2D eigenvalue weighted by Crippen LogP contribution is -2.61. The van der Waals surface area contributed by atoms with Crippen LogP contribution in [-0.4, -0.2) is 67.1 Å². The summed E-state index contributed by atoms with van der Waals surface area (Å²) in [5, 5.41) is 6.70. The number of halogens is 1. The van der Waals surface area contributed by atoms with E-state index in [9.17, 15) is 14.4 Å². The Balaban J connectivity index is 1.07. The molecular formula is C36H41ClN4O5. The highest BCUT2D eigenvalue weighted by molar-refractivity contribution is 6.31. The molecule has 46 heavy (non-hydrogen) atoms. The van der Waals surface area contributed by atoms with Gasteiger partial charge in [-0.1, -0.05) is 54.1 Å². The van der Waals surface area contributed by atoms with Gasteiger partial charge in [0, 0.05) is 42.3 Å². The van der Waals surface area contributed by atoms with E-state index >= 15 is 0 Å². The molecule has 1 atom stereocenters. The fourth-order valence-electron chi connectivity index (χ4n) is 5.71. The Hall–Kier alpha value is -3.92. The van der Waals surface area contributed by atoms with E-state index in [-0.39, 0.29) is 36.7 Å². The molecule has 2 saturated carbocycles. The third-order valence-corrected chi connectivity index (χ3v) is 8.80. The molecule has 2 aliphatic carbocycles. The maximum absolute atomic E-state index is 14.1. The van der Waals surface area contributed by atoms with E-state index in [1.165, 1.54) is 0 Å². The first-order valence-corrected chi connectivity index (χ1v) is 16.6. The van der Waals surface area contributed by atoms with Crippen LogP contribution in [0.25, 0.3) is 0 Å². The topological polar surface area (TPSA) is 100 Å². The molecule has 0 bridgehead atoms. The molecule has 1 aliphatic heterocycles. The van der Waals surface area contributed by atoms with Crippen molar-refractivity contribution >= 4 is 35.0 Å². The normalized spacial score (nSPS) is 17.9. The Labute approximate surface area is 275 Å². The van der Waals surface area contributed by atoms with Gasteiger partial charge in [0.05, 0.1) is 32.8 Å². The summed E-state index contributed by atoms with van der Waals surface area (Å²) >= 11 is 6.60. The zero-order valence-corrected chi connectivity index (χ0v) is 26.7. The molecule has 0 spiro atoms. The minimum atomic E-state index is -0.693. The number of amides is 3. The van der Waals surface area contributed by atoms with Crippen molar-refractivity contribution in [2.75, 3.05) is 31.2 Å². The van der Waals surface area contributed by atoms with E-state index in [1.54, 1.807) is 11.0 Å². The van der Waals surface area contributed by atoms with Crippen LogP contribution in [0.5, 0.6) is 5.75 Å². The number of hydrogen-bond acceptors (Lipinski definition) is 6. The van der Waals surface area contributed by atoms with Crippen molar-refractivity contribution in [3.05, 3.63) is 94.5 Å². The van der Waals surface area contributed by atoms with Crippen molar-refractivity contribution in [3.8, 4) is 5.75 Å². The van der Waals surface area contributed by atoms with Crippen molar-refractivity contribution in [2.24, 2.45) is 0 Å². The summed E-state index contributed by atoms with van der Waals surface area (Å²) in [6, 6.07) is 22.7. The minimum absolute atomic E-state index is 0.00222. The molecule has 0 unspecified atom stereocenters. The highest BCUT2D eigenvalue weighted by Crippen LogP contribution is 2.33. The lowest BCUT2D eigenvalue weighted by atomic mass is 10.1. The number of carbonyl (C=O) groups is 3. The Bertz CT molecular complexity index is 1510. The molecule has 3 aliphatic rings. The van der Waals surface area contributed by atoms with Gasteiger partial charge in [-0.25, -0.2) is 0 Å². The summed E-state index contributed by atoms with van der Waals surface area (Å²) in [6.07, 6.45) is 4.91. The van der Waals surface area contributed by atoms with Crippen LogP contribution in [0.2, 0.25) is 5.02 Å². The van der Waals surface area contributed by atoms with Crippen LogP contribution in [0.1, 0.15) is 48.8 Å². The summed E-state index contributed by atoms with van der Waals surface area (Å²) in [5.41, 5.74) is 3.45. The zero-order valence-electron chi connectivity index (χ0n) is 26.0. The van der Waals surface area contributed by atoms with Gasteiger partial charge in [0.1, 0.15) is 11.8 Å². The molecule has 3 amide bonds. The van der Waals surface area contributed by atoms with E-state index in [1.807, 2.05) is 71.6 Å². The number of ether oxygens (including phenoxy) is 2. The molecule has 10 heteroatoms. The van der Waals surface area contributed by atoms with Crippen molar-refractivity contribution < 1.29 is 23.9 Å². The molecular weight excluding hydrogens is 604 g/mol. The van der Waals surface area contributed by atoms with Crippen molar-refractivity contribution in [2.45, 2.75) is 69.8 Å². The van der Waals surface area contributed by atoms with Crippen LogP contribution >= 0.6 is 11.6 Å². The first-order valence-electron chi connectivity index (χ1n) is 16.2. The van der Waals surface area contributed by atoms with Gasteiger partial charge < -0.3 is 25.0 Å². The number of piperazine rings is 1. The van der Waals surface area contributed by atoms with Gasteiger partial charge in [0.25, 0.3) is 0 Å². The molecule has 0 radical (unpaired) electrons. The second kappa shape index (κ2) is 15.1. The van der Waals surface area contributed by atoms with Gasteiger partial charge in [0.15, 0.2) is 0 Å². The minimum Gasteiger partial charge on any atom is -0.494 e. The second-order valence-corrected chi connectivity index (χ2v) is 12.7. The van der Waals surface area contributed by atoms with Gasteiger partial charge >= 0.3 is 0 Å². The molecule has 1 heterocycles. The van der Waals surface area contributed by atoms with Crippen molar-refractivity contribution in [1.82, 2.24) is 15.5 Å². The summed E-state index contributed by atoms with van der Waals surface area (Å²) in [6.45, 7) is 2.50. The number of nitrogens with zero attached hydrogens (tertiary/aromatic N) is 2. The lowest BCUT2D eigenvalue weighted by Gasteiger charge is -2.38. The molecule has 242 valence electrons. The Kier molecular flexibility index (Phi) is 10.5. The van der Waals surface area contributed by atoms with E-state index < -0.39 is 6.04 Å². The predicted octanol–water partition coefficient (Wildman–Crippen LogP) is 4.64. The highest BCUT2D eigenvalue weighted by Gasteiger charge is 2.41. The molecule has 3 fully saturated rings. The van der Waals surface area contributed by atoms with E-state index in [4.69, 9.17) is 21.1 Å². The number of rotatable bonds is 15. The van der Waals surface area contributed by atoms with E-state index in [0.717, 1.165) is 48.8 Å². The summed E-state index contributed by atoms with van der Waals surface area (Å²) < 4.78 is 11.6. The van der Waals surface area contributed by atoms with Gasteiger partial charge in [0.2, 0.25) is 17.7 Å². The van der Waals surface area contributed by atoms with Crippen LogP contribution in [0.15, 0.2) is 72.8 Å². The zero-order chi connectivity index (χ0) is 31.9. The maximum atomic E-state index is 14.1. The van der Waals surface area contributed by atoms with Gasteiger partial charge in [-0.3, -0.25) is 19.3 Å². The van der Waals surface area contributed by atoms with Gasteiger partial charge in [-0.2, -0.15) is 0 Å². The largest absolute Gasteiger partial charge is 0.494 e. The van der Waals surface area contributed by atoms with Crippen LogP contribution in [0.4, 0.5) is 5.69 Å². The number of hydrogen-bond donors (Lipinski definition) is 2. The predicted molar refractivity (Wildman–Crippen MR) is 177 cm³/mol. The first-order chi connectivity index (χ1) is 22.4. The third kappa shape index (κ3) is 8.66. The molecule has 9 nitrogen and oxygen atoms in total. The average Bonchev–Trinajstić information content (AvgIpc) is 4.00. The molecule has 6 rings (SSSR count). The highest BCUT2D eigenvalue weighted by atomic mass is 35.5. The fraction of sp³-hybridized carbons (Fsp3) is 0.417. The van der Waals surface area contributed by atoms with Crippen LogP contribution in [0, 0.1) is 0 Å². The molecule has 1 saturated heterocycles.